The largest absolute Gasteiger partial charge is 0.463 e. The number of nitrogens with zero attached hydrogens (tertiary/aromatic N) is 2. The van der Waals surface area contributed by atoms with Crippen molar-refractivity contribution in [3.05, 3.63) is 178 Å². The minimum Gasteiger partial charge on any atom is -0.463 e. The van der Waals surface area contributed by atoms with Gasteiger partial charge in [0, 0.05) is 20.3 Å². The molecular weight excluding hydrogens is 889 g/mol. The second kappa shape index (κ2) is 21.2. The zero-order valence-corrected chi connectivity index (χ0v) is 37.8. The summed E-state index contributed by atoms with van der Waals surface area (Å²) in [5.41, 5.74) is 2.91. The number of ether oxygens (including phenoxy) is 8. The van der Waals surface area contributed by atoms with Crippen molar-refractivity contribution < 1.29 is 66.7 Å². The highest BCUT2D eigenvalue weighted by Crippen LogP contribution is 2.40. The molecule has 9 unspecified atom stereocenters. The van der Waals surface area contributed by atoms with Crippen LogP contribution in [-0.2, 0) is 67.3 Å². The summed E-state index contributed by atoms with van der Waals surface area (Å²) in [7, 11) is 0. The molecule has 0 aromatic heterocycles. The van der Waals surface area contributed by atoms with Crippen molar-refractivity contribution in [2.75, 3.05) is 13.2 Å². The SMILES string of the molecule is CC(=O)OCC1CC(OC(C)=O)C(N2C(=O)c3ccccc3C2=O)C(OC2C(COCc3ccccc3)OC(OCc3ccccc3)C(N3C(=O)c4ccccc4C3=O)C2OCc2ccccc2)O1. The molecule has 0 spiro atoms. The average Bonchev–Trinajstić information content (AvgIpc) is 3.76. The number of imide groups is 2. The Kier molecular flexibility index (Phi) is 14.5. The fraction of sp³-hybridized carbons (Fsp3) is 0.321. The van der Waals surface area contributed by atoms with Crippen LogP contribution in [0.3, 0.4) is 0 Å². The first-order chi connectivity index (χ1) is 33.5. The Morgan fingerprint density at radius 2 is 0.986 bits per heavy atom. The van der Waals surface area contributed by atoms with Crippen molar-refractivity contribution in [1.29, 1.82) is 0 Å². The third kappa shape index (κ3) is 10.3. The van der Waals surface area contributed by atoms with Crippen molar-refractivity contribution in [2.45, 2.75) is 95.3 Å². The number of fused-ring (bicyclic) bond motifs is 2. The maximum absolute atomic E-state index is 14.7. The minimum atomic E-state index is -1.65. The first-order valence-corrected chi connectivity index (χ1v) is 22.7. The van der Waals surface area contributed by atoms with E-state index in [9.17, 15) is 28.8 Å². The molecule has 0 N–H and O–H groups in total. The summed E-state index contributed by atoms with van der Waals surface area (Å²) < 4.78 is 51.9. The van der Waals surface area contributed by atoms with Gasteiger partial charge in [-0.05, 0) is 41.0 Å². The highest BCUT2D eigenvalue weighted by atomic mass is 16.7. The fourth-order valence-electron chi connectivity index (χ4n) is 9.24. The van der Waals surface area contributed by atoms with E-state index in [1.165, 1.54) is 26.0 Å². The second-order valence-electron chi connectivity index (χ2n) is 17.0. The maximum Gasteiger partial charge on any atom is 0.302 e. The van der Waals surface area contributed by atoms with Crippen LogP contribution in [0.2, 0.25) is 0 Å². The number of rotatable bonds is 17. The number of hydrogen-bond acceptors (Lipinski definition) is 14. The van der Waals surface area contributed by atoms with E-state index in [-0.39, 0.29) is 61.7 Å². The van der Waals surface area contributed by atoms with Crippen LogP contribution >= 0.6 is 0 Å². The van der Waals surface area contributed by atoms with E-state index in [2.05, 4.69) is 0 Å². The predicted octanol–water partition coefficient (Wildman–Crippen LogP) is 6.05. The van der Waals surface area contributed by atoms with Crippen LogP contribution in [0.4, 0.5) is 0 Å². The van der Waals surface area contributed by atoms with Gasteiger partial charge in [0.15, 0.2) is 12.6 Å². The van der Waals surface area contributed by atoms with Gasteiger partial charge in [-0.3, -0.25) is 38.6 Å². The summed E-state index contributed by atoms with van der Waals surface area (Å²) in [5.74, 6) is -3.97. The summed E-state index contributed by atoms with van der Waals surface area (Å²) >= 11 is 0. The number of benzene rings is 5. The summed E-state index contributed by atoms with van der Waals surface area (Å²) in [5, 5.41) is 0. The van der Waals surface area contributed by atoms with Crippen LogP contribution in [-0.4, -0.2) is 114 Å². The third-order valence-corrected chi connectivity index (χ3v) is 12.4. The molecule has 69 heavy (non-hydrogen) atoms. The lowest BCUT2D eigenvalue weighted by Crippen LogP contribution is -2.69. The number of amides is 4. The van der Waals surface area contributed by atoms with Gasteiger partial charge in [-0.1, -0.05) is 115 Å². The lowest BCUT2D eigenvalue weighted by atomic mass is 9.93. The Morgan fingerprint density at radius 3 is 1.48 bits per heavy atom. The highest BCUT2D eigenvalue weighted by molar-refractivity contribution is 6.22. The fourth-order valence-corrected chi connectivity index (χ4v) is 9.24. The van der Waals surface area contributed by atoms with E-state index in [1.807, 2.05) is 91.0 Å². The minimum absolute atomic E-state index is 0.00482. The zero-order valence-electron chi connectivity index (χ0n) is 37.8. The average molecular weight is 939 g/mol. The van der Waals surface area contributed by atoms with Gasteiger partial charge < -0.3 is 37.9 Å². The molecule has 4 heterocycles. The molecule has 0 radical (unpaired) electrons. The molecule has 2 fully saturated rings. The molecule has 16 nitrogen and oxygen atoms in total. The number of hydrogen-bond donors (Lipinski definition) is 0. The Hall–Kier alpha value is -6.92. The monoisotopic (exact) mass is 938 g/mol. The smallest absolute Gasteiger partial charge is 0.302 e. The first kappa shape index (κ1) is 47.2. The maximum atomic E-state index is 14.7. The molecule has 0 aliphatic carbocycles. The molecule has 4 aliphatic rings. The third-order valence-electron chi connectivity index (χ3n) is 12.4. The number of esters is 2. The Bertz CT molecular complexity index is 2600. The van der Waals surface area contributed by atoms with Gasteiger partial charge in [-0.2, -0.15) is 0 Å². The molecule has 356 valence electrons. The van der Waals surface area contributed by atoms with Gasteiger partial charge in [-0.25, -0.2) is 0 Å². The summed E-state index contributed by atoms with van der Waals surface area (Å²) in [6.07, 6.45) is -9.20. The first-order valence-electron chi connectivity index (χ1n) is 22.7. The molecule has 2 saturated heterocycles. The molecular formula is C53H50N2O14. The van der Waals surface area contributed by atoms with E-state index in [1.54, 1.807) is 36.4 Å². The van der Waals surface area contributed by atoms with Gasteiger partial charge in [0.1, 0.15) is 43.1 Å². The van der Waals surface area contributed by atoms with Crippen LogP contribution in [0.15, 0.2) is 140 Å². The molecule has 9 rings (SSSR count). The zero-order chi connectivity index (χ0) is 48.0. The molecule has 9 atom stereocenters. The van der Waals surface area contributed by atoms with Crippen LogP contribution in [0.25, 0.3) is 0 Å². The molecule has 0 saturated carbocycles. The Morgan fingerprint density at radius 1 is 0.522 bits per heavy atom. The summed E-state index contributed by atoms with van der Waals surface area (Å²) in [4.78, 5) is 85.2. The van der Waals surface area contributed by atoms with Gasteiger partial charge in [0.05, 0.1) is 54.8 Å². The highest BCUT2D eigenvalue weighted by Gasteiger charge is 2.59. The van der Waals surface area contributed by atoms with Crippen molar-refractivity contribution >= 4 is 35.6 Å². The molecule has 16 heteroatoms. The normalized spacial score (nSPS) is 25.3. The lowest BCUT2D eigenvalue weighted by molar-refractivity contribution is -0.339. The van der Waals surface area contributed by atoms with Crippen LogP contribution < -0.4 is 0 Å². The van der Waals surface area contributed by atoms with E-state index in [0.717, 1.165) is 26.5 Å². The predicted molar refractivity (Wildman–Crippen MR) is 243 cm³/mol. The van der Waals surface area contributed by atoms with Gasteiger partial charge >= 0.3 is 11.9 Å². The topological polar surface area (TPSA) is 183 Å². The van der Waals surface area contributed by atoms with Gasteiger partial charge in [0.2, 0.25) is 0 Å². The second-order valence-corrected chi connectivity index (χ2v) is 17.0. The van der Waals surface area contributed by atoms with Crippen molar-refractivity contribution in [3.63, 3.8) is 0 Å². The number of carbonyl (C=O) groups is 6. The van der Waals surface area contributed by atoms with Gasteiger partial charge in [-0.15, -0.1) is 0 Å². The van der Waals surface area contributed by atoms with E-state index >= 15 is 0 Å². The standard InChI is InChI=1S/C53H50N2O14/c1-32(56)63-30-37-26-42(66-33(2)57)44(54-48(58)38-22-12-13-23-39(38)49(54)59)53(67-37)69-46-43(31-62-27-34-16-6-3-7-17-34)68-52(65-29-36-20-10-5-11-21-36)45(47(46)64-28-35-18-8-4-9-19-35)55-50(60)40-24-14-15-25-41(40)51(55)61/h3-25,37,42-47,52-53H,26-31H2,1-2H3. The van der Waals surface area contributed by atoms with Crippen LogP contribution in [0.5, 0.6) is 0 Å². The molecule has 5 aromatic rings. The van der Waals surface area contributed by atoms with Crippen molar-refractivity contribution in [2.24, 2.45) is 0 Å². The van der Waals surface area contributed by atoms with E-state index < -0.39 is 90.8 Å². The summed E-state index contributed by atoms with van der Waals surface area (Å²) in [6, 6.07) is 37.9. The van der Waals surface area contributed by atoms with Crippen LogP contribution in [0.1, 0.15) is 78.4 Å². The molecule has 5 aromatic carbocycles. The lowest BCUT2D eigenvalue weighted by Gasteiger charge is -2.51. The quantitative estimate of drug-likeness (QED) is 0.0776. The Balaban J connectivity index is 1.17. The van der Waals surface area contributed by atoms with Crippen molar-refractivity contribution in [3.8, 4) is 0 Å². The summed E-state index contributed by atoms with van der Waals surface area (Å²) in [6.45, 7) is 1.99. The van der Waals surface area contributed by atoms with Gasteiger partial charge in [0.25, 0.3) is 23.6 Å². The van der Waals surface area contributed by atoms with Crippen LogP contribution in [0, 0.1) is 0 Å². The van der Waals surface area contributed by atoms with Crippen molar-refractivity contribution in [1.82, 2.24) is 9.80 Å². The molecule has 4 amide bonds. The van der Waals surface area contributed by atoms with E-state index in [0.29, 0.717) is 0 Å². The number of carbonyl (C=O) groups excluding carboxylic acids is 6. The molecule has 4 aliphatic heterocycles. The molecule has 0 bridgehead atoms. The van der Waals surface area contributed by atoms with E-state index in [4.69, 9.17) is 37.9 Å². The Labute approximate surface area is 397 Å².